The van der Waals surface area contributed by atoms with E-state index in [-0.39, 0.29) is 35.9 Å². The van der Waals surface area contributed by atoms with Crippen LogP contribution in [0.4, 0.5) is 10.7 Å². The highest BCUT2D eigenvalue weighted by Gasteiger charge is 2.37. The van der Waals surface area contributed by atoms with E-state index in [1.807, 2.05) is 19.9 Å². The summed E-state index contributed by atoms with van der Waals surface area (Å²) in [6.45, 7) is 13.7. The van der Waals surface area contributed by atoms with Crippen LogP contribution < -0.4 is 15.5 Å². The van der Waals surface area contributed by atoms with Crippen LogP contribution >= 0.6 is 18.9 Å². The summed E-state index contributed by atoms with van der Waals surface area (Å²) in [4.78, 5) is 28.5. The fourth-order valence-electron chi connectivity index (χ4n) is 5.83. The summed E-state index contributed by atoms with van der Waals surface area (Å²) in [5.41, 5.74) is 0.716. The second-order valence-corrected chi connectivity index (χ2v) is 15.9. The average molecular weight is 622 g/mol. The van der Waals surface area contributed by atoms with E-state index in [4.69, 9.17) is 9.05 Å². The standard InChI is InChI=1S/C32H52N3O5PS/c1-7-39-41(38,40-8-2)22-20-33-26-13-15-27(16-14-26)35(31(37)25-11-9-24(3)10-12-25)29-23-28(17-18-32(4,5)6)42-30(29)34-19-21-36/h21,23-27,33-34H,7-16,19-20,22H2,1-6H3. The Morgan fingerprint density at radius 2 is 1.74 bits per heavy atom. The molecule has 1 amide bonds. The molecule has 1 aromatic rings. The molecule has 2 aliphatic carbocycles. The zero-order valence-corrected chi connectivity index (χ0v) is 28.2. The quantitative estimate of drug-likeness (QED) is 0.130. The van der Waals surface area contributed by atoms with E-state index in [2.05, 4.69) is 55.1 Å². The van der Waals surface area contributed by atoms with Crippen LogP contribution in [0.1, 0.15) is 97.8 Å². The number of anilines is 2. The van der Waals surface area contributed by atoms with Crippen molar-refractivity contribution in [3.8, 4) is 11.8 Å². The molecule has 10 heteroatoms. The maximum atomic E-state index is 14.3. The van der Waals surface area contributed by atoms with Gasteiger partial charge in [-0.05, 0) is 98.0 Å². The normalized spacial score (nSPS) is 23.1. The lowest BCUT2D eigenvalue weighted by Crippen LogP contribution is -2.48. The molecule has 0 saturated heterocycles. The van der Waals surface area contributed by atoms with Gasteiger partial charge in [-0.15, -0.1) is 11.3 Å². The summed E-state index contributed by atoms with van der Waals surface area (Å²) < 4.78 is 23.7. The number of hydrogen-bond donors (Lipinski definition) is 2. The third-order valence-corrected chi connectivity index (χ3v) is 11.1. The van der Waals surface area contributed by atoms with E-state index >= 15 is 0 Å². The molecule has 8 nitrogen and oxygen atoms in total. The number of nitrogens with one attached hydrogen (secondary N) is 2. The van der Waals surface area contributed by atoms with E-state index in [0.29, 0.717) is 31.8 Å². The monoisotopic (exact) mass is 621 g/mol. The molecule has 0 unspecified atom stereocenters. The second kappa shape index (κ2) is 16.4. The first kappa shape index (κ1) is 34.8. The molecule has 2 N–H and O–H groups in total. The van der Waals surface area contributed by atoms with Gasteiger partial charge < -0.3 is 29.4 Å². The van der Waals surface area contributed by atoms with E-state index in [9.17, 15) is 14.2 Å². The molecule has 1 aromatic heterocycles. The number of hydrogen-bond acceptors (Lipinski definition) is 8. The maximum Gasteiger partial charge on any atom is 0.331 e. The van der Waals surface area contributed by atoms with Gasteiger partial charge in [-0.25, -0.2) is 0 Å². The van der Waals surface area contributed by atoms with E-state index < -0.39 is 7.60 Å². The molecule has 0 spiro atoms. The molecule has 2 fully saturated rings. The number of thiophene rings is 1. The molecule has 236 valence electrons. The summed E-state index contributed by atoms with van der Waals surface area (Å²) >= 11 is 1.52. The van der Waals surface area contributed by atoms with E-state index in [1.165, 1.54) is 11.3 Å². The average Bonchev–Trinajstić information content (AvgIpc) is 3.34. The molecule has 3 rings (SSSR count). The molecule has 0 radical (unpaired) electrons. The van der Waals surface area contributed by atoms with Crippen molar-refractivity contribution in [1.82, 2.24) is 5.32 Å². The molecule has 0 aromatic carbocycles. The largest absolute Gasteiger partial charge is 0.368 e. The van der Waals surface area contributed by atoms with Crippen molar-refractivity contribution in [2.45, 2.75) is 105 Å². The molecule has 2 aliphatic rings. The first-order chi connectivity index (χ1) is 20.0. The van der Waals surface area contributed by atoms with Crippen LogP contribution in [0.3, 0.4) is 0 Å². The van der Waals surface area contributed by atoms with Crippen LogP contribution in [0.25, 0.3) is 0 Å². The summed E-state index contributed by atoms with van der Waals surface area (Å²) in [5, 5.41) is 7.66. The topological polar surface area (TPSA) is 97.0 Å². The fourth-order valence-corrected chi connectivity index (χ4v) is 8.27. The van der Waals surface area contributed by atoms with Crippen LogP contribution in [0.5, 0.6) is 0 Å². The van der Waals surface area contributed by atoms with Gasteiger partial charge in [-0.1, -0.05) is 18.8 Å². The van der Waals surface area contributed by atoms with Crippen molar-refractivity contribution < 1.29 is 23.2 Å². The van der Waals surface area contributed by atoms with E-state index in [1.54, 1.807) is 0 Å². The fraction of sp³-hybridized carbons (Fsp3) is 0.750. The van der Waals surface area contributed by atoms with Crippen molar-refractivity contribution >= 4 is 41.8 Å². The minimum absolute atomic E-state index is 0.0197. The molecule has 0 atom stereocenters. The molecule has 42 heavy (non-hydrogen) atoms. The SMILES string of the molecule is CCOP(=O)(CCNC1CCC(N(C(=O)C2CCC(C)CC2)c2cc(C#CC(C)(C)C)sc2NCC=O)CC1)OCC. The zero-order chi connectivity index (χ0) is 30.8. The first-order valence-electron chi connectivity index (χ1n) is 15.8. The van der Waals surface area contributed by atoms with Gasteiger partial charge in [0.15, 0.2) is 0 Å². The Morgan fingerprint density at radius 1 is 1.10 bits per heavy atom. The maximum absolute atomic E-state index is 14.3. The minimum Gasteiger partial charge on any atom is -0.368 e. The number of amides is 1. The Hall–Kier alpha value is -1.69. The third-order valence-electron chi connectivity index (χ3n) is 8.01. The third kappa shape index (κ3) is 10.5. The Morgan fingerprint density at radius 3 is 2.31 bits per heavy atom. The predicted octanol–water partition coefficient (Wildman–Crippen LogP) is 7.08. The second-order valence-electron chi connectivity index (χ2n) is 12.7. The van der Waals surface area contributed by atoms with Gasteiger partial charge in [0, 0.05) is 30.0 Å². The highest BCUT2D eigenvalue weighted by atomic mass is 32.1. The highest BCUT2D eigenvalue weighted by Crippen LogP contribution is 2.47. The van der Waals surface area contributed by atoms with Crippen molar-refractivity contribution in [2.24, 2.45) is 17.3 Å². The lowest BCUT2D eigenvalue weighted by molar-refractivity contribution is -0.124. The Balaban J connectivity index is 1.80. The van der Waals surface area contributed by atoms with Crippen molar-refractivity contribution in [2.75, 3.05) is 42.7 Å². The van der Waals surface area contributed by atoms with Crippen LogP contribution in [-0.4, -0.2) is 56.7 Å². The lowest BCUT2D eigenvalue weighted by atomic mass is 9.81. The first-order valence-corrected chi connectivity index (χ1v) is 18.3. The van der Waals surface area contributed by atoms with Crippen molar-refractivity contribution in [1.29, 1.82) is 0 Å². The van der Waals surface area contributed by atoms with Gasteiger partial charge >= 0.3 is 7.60 Å². The van der Waals surface area contributed by atoms with Gasteiger partial charge in [-0.3, -0.25) is 9.36 Å². The highest BCUT2D eigenvalue weighted by molar-refractivity contribution is 7.53. The number of carbonyl (C=O) groups excluding carboxylic acids is 2. The smallest absolute Gasteiger partial charge is 0.331 e. The Kier molecular flexibility index (Phi) is 13.6. The van der Waals surface area contributed by atoms with Gasteiger partial charge in [-0.2, -0.15) is 0 Å². The zero-order valence-electron chi connectivity index (χ0n) is 26.5. The number of rotatable bonds is 14. The van der Waals surface area contributed by atoms with Gasteiger partial charge in [0.2, 0.25) is 5.91 Å². The van der Waals surface area contributed by atoms with Crippen LogP contribution in [-0.2, 0) is 23.2 Å². The van der Waals surface area contributed by atoms with Crippen molar-refractivity contribution in [3.05, 3.63) is 10.9 Å². The summed E-state index contributed by atoms with van der Waals surface area (Å²) in [5.74, 6) is 7.51. The number of carbonyl (C=O) groups is 2. The van der Waals surface area contributed by atoms with Crippen LogP contribution in [0.2, 0.25) is 0 Å². The van der Waals surface area contributed by atoms with Gasteiger partial charge in [0.05, 0.1) is 36.5 Å². The summed E-state index contributed by atoms with van der Waals surface area (Å²) in [6.07, 6.45) is 8.77. The van der Waals surface area contributed by atoms with E-state index in [0.717, 1.165) is 73.2 Å². The molecule has 2 saturated carbocycles. The van der Waals surface area contributed by atoms with Crippen LogP contribution in [0, 0.1) is 29.1 Å². The Bertz CT molecular complexity index is 1110. The molecular weight excluding hydrogens is 569 g/mol. The predicted molar refractivity (Wildman–Crippen MR) is 174 cm³/mol. The van der Waals surface area contributed by atoms with Gasteiger partial charge in [0.25, 0.3) is 0 Å². The van der Waals surface area contributed by atoms with Gasteiger partial charge in [0.1, 0.15) is 11.3 Å². The molecule has 0 aliphatic heterocycles. The van der Waals surface area contributed by atoms with Crippen molar-refractivity contribution in [3.63, 3.8) is 0 Å². The number of aldehydes is 1. The molecule has 1 heterocycles. The minimum atomic E-state index is -3.07. The van der Waals surface area contributed by atoms with Crippen LogP contribution in [0.15, 0.2) is 6.07 Å². The Labute approximate surface area is 257 Å². The molecular formula is C32H52N3O5PS. The summed E-state index contributed by atoms with van der Waals surface area (Å²) in [6, 6.07) is 2.40. The number of nitrogens with zero attached hydrogens (tertiary/aromatic N) is 1. The lowest BCUT2D eigenvalue weighted by Gasteiger charge is -2.40. The molecule has 0 bridgehead atoms. The summed E-state index contributed by atoms with van der Waals surface area (Å²) in [7, 11) is -3.07.